The van der Waals surface area contributed by atoms with E-state index in [1.807, 2.05) is 0 Å². The Labute approximate surface area is 156 Å². The van der Waals surface area contributed by atoms with Crippen LogP contribution >= 0.6 is 0 Å². The van der Waals surface area contributed by atoms with Gasteiger partial charge in [-0.3, -0.25) is 19.7 Å². The first-order valence-corrected chi connectivity index (χ1v) is 8.35. The molecular formula is C17H22N4O6. The number of carbonyl (C=O) groups is 3. The molecule has 0 unspecified atom stereocenters. The molecule has 146 valence electrons. The van der Waals surface area contributed by atoms with Crippen LogP contribution in [0.1, 0.15) is 23.2 Å². The summed E-state index contributed by atoms with van der Waals surface area (Å²) in [4.78, 5) is 49.2. The zero-order valence-corrected chi connectivity index (χ0v) is 15.4. The highest BCUT2D eigenvalue weighted by molar-refractivity contribution is 5.97. The maximum Gasteiger partial charge on any atom is 0.341 e. The topological polar surface area (TPSA) is 122 Å². The second-order valence-corrected chi connectivity index (χ2v) is 6.52. The number of amides is 2. The number of esters is 1. The van der Waals surface area contributed by atoms with Crippen LogP contribution in [0, 0.1) is 10.1 Å². The van der Waals surface area contributed by atoms with Gasteiger partial charge in [-0.25, -0.2) is 4.79 Å². The lowest BCUT2D eigenvalue weighted by atomic mass is 10.1. The van der Waals surface area contributed by atoms with Crippen LogP contribution in [0.4, 0.5) is 11.4 Å². The standard InChI is InChI=1S/C17H22N4O6/c1-19(2)14-7-6-12(21(25)26)8-13(14)17(24)27-10-16(23)20(3)9-15(22)18-11-4-5-11/h6-8,11H,4-5,9-10H2,1-3H3,(H,18,22). The normalized spacial score (nSPS) is 12.9. The van der Waals surface area contributed by atoms with E-state index in [-0.39, 0.29) is 29.7 Å². The summed E-state index contributed by atoms with van der Waals surface area (Å²) in [5.41, 5.74) is 0.152. The molecule has 1 aromatic carbocycles. The summed E-state index contributed by atoms with van der Waals surface area (Å²) < 4.78 is 5.00. The number of hydrogen-bond acceptors (Lipinski definition) is 7. The Morgan fingerprint density at radius 2 is 1.93 bits per heavy atom. The zero-order chi connectivity index (χ0) is 20.1. The first-order valence-electron chi connectivity index (χ1n) is 8.35. The van der Waals surface area contributed by atoms with Gasteiger partial charge in [0.25, 0.3) is 11.6 Å². The third-order valence-electron chi connectivity index (χ3n) is 3.97. The summed E-state index contributed by atoms with van der Waals surface area (Å²) in [7, 11) is 4.78. The number of hydrogen-bond donors (Lipinski definition) is 1. The second kappa shape index (κ2) is 8.47. The lowest BCUT2D eigenvalue weighted by molar-refractivity contribution is -0.384. The number of non-ortho nitro benzene ring substituents is 1. The summed E-state index contributed by atoms with van der Waals surface area (Å²) in [6, 6.07) is 4.01. The van der Waals surface area contributed by atoms with Crippen molar-refractivity contribution in [2.75, 3.05) is 39.2 Å². The SMILES string of the molecule is CN(CC(=O)NC1CC1)C(=O)COC(=O)c1cc([N+](=O)[O-])ccc1N(C)C. The molecule has 0 spiro atoms. The third-order valence-corrected chi connectivity index (χ3v) is 3.97. The van der Waals surface area contributed by atoms with Crippen LogP contribution in [0.5, 0.6) is 0 Å². The van der Waals surface area contributed by atoms with Gasteiger partial charge in [-0.05, 0) is 18.9 Å². The van der Waals surface area contributed by atoms with Gasteiger partial charge in [-0.1, -0.05) is 0 Å². The van der Waals surface area contributed by atoms with Crippen LogP contribution in [0.25, 0.3) is 0 Å². The van der Waals surface area contributed by atoms with Crippen molar-refractivity contribution in [1.29, 1.82) is 0 Å². The summed E-state index contributed by atoms with van der Waals surface area (Å²) in [5.74, 6) is -1.68. The van der Waals surface area contributed by atoms with Crippen molar-refractivity contribution < 1.29 is 24.0 Å². The zero-order valence-electron chi connectivity index (χ0n) is 15.4. The maximum absolute atomic E-state index is 12.3. The van der Waals surface area contributed by atoms with E-state index in [1.54, 1.807) is 19.0 Å². The molecule has 0 radical (unpaired) electrons. The molecule has 0 aliphatic heterocycles. The molecule has 10 heteroatoms. The first-order chi connectivity index (χ1) is 12.7. The average molecular weight is 378 g/mol. The number of benzene rings is 1. The highest BCUT2D eigenvalue weighted by Crippen LogP contribution is 2.25. The molecule has 0 aromatic heterocycles. The van der Waals surface area contributed by atoms with E-state index in [2.05, 4.69) is 5.32 Å². The highest BCUT2D eigenvalue weighted by Gasteiger charge is 2.25. The van der Waals surface area contributed by atoms with E-state index < -0.39 is 23.4 Å². The molecule has 1 fully saturated rings. The van der Waals surface area contributed by atoms with Crippen molar-refractivity contribution in [3.05, 3.63) is 33.9 Å². The molecule has 1 aromatic rings. The molecule has 0 atom stereocenters. The van der Waals surface area contributed by atoms with Gasteiger partial charge in [0.2, 0.25) is 5.91 Å². The lowest BCUT2D eigenvalue weighted by Crippen LogP contribution is -2.40. The van der Waals surface area contributed by atoms with E-state index in [1.165, 1.54) is 19.2 Å². The van der Waals surface area contributed by atoms with E-state index in [9.17, 15) is 24.5 Å². The van der Waals surface area contributed by atoms with Gasteiger partial charge in [0, 0.05) is 39.3 Å². The molecule has 0 saturated heterocycles. The van der Waals surface area contributed by atoms with Crippen molar-refractivity contribution in [3.63, 3.8) is 0 Å². The minimum Gasteiger partial charge on any atom is -0.452 e. The molecule has 1 N–H and O–H groups in total. The van der Waals surface area contributed by atoms with Gasteiger partial charge in [-0.2, -0.15) is 0 Å². The summed E-state index contributed by atoms with van der Waals surface area (Å²) in [6.45, 7) is -0.700. The Bertz CT molecular complexity index is 760. The summed E-state index contributed by atoms with van der Waals surface area (Å²) in [5, 5.41) is 13.7. The number of likely N-dealkylation sites (N-methyl/N-ethyl adjacent to an activating group) is 1. The number of ether oxygens (including phenoxy) is 1. The van der Waals surface area contributed by atoms with Crippen LogP contribution in [0.15, 0.2) is 18.2 Å². The van der Waals surface area contributed by atoms with Crippen LogP contribution in [0.2, 0.25) is 0 Å². The largest absolute Gasteiger partial charge is 0.452 e. The Balaban J connectivity index is 1.97. The summed E-state index contributed by atoms with van der Waals surface area (Å²) >= 11 is 0. The molecule has 0 heterocycles. The van der Waals surface area contributed by atoms with E-state index in [0.717, 1.165) is 23.8 Å². The van der Waals surface area contributed by atoms with Crippen molar-refractivity contribution in [2.45, 2.75) is 18.9 Å². The molecular weight excluding hydrogens is 356 g/mol. The fourth-order valence-corrected chi connectivity index (χ4v) is 2.31. The highest BCUT2D eigenvalue weighted by atomic mass is 16.6. The minimum atomic E-state index is -0.855. The second-order valence-electron chi connectivity index (χ2n) is 6.52. The van der Waals surface area contributed by atoms with Gasteiger partial charge in [0.1, 0.15) is 0 Å². The monoisotopic (exact) mass is 378 g/mol. The third kappa shape index (κ3) is 5.66. The molecule has 10 nitrogen and oxygen atoms in total. The quantitative estimate of drug-likeness (QED) is 0.398. The van der Waals surface area contributed by atoms with Gasteiger partial charge in [0.15, 0.2) is 6.61 Å². The van der Waals surface area contributed by atoms with Crippen molar-refractivity contribution >= 4 is 29.2 Å². The Morgan fingerprint density at radius 1 is 1.26 bits per heavy atom. The van der Waals surface area contributed by atoms with Crippen molar-refractivity contribution in [2.24, 2.45) is 0 Å². The van der Waals surface area contributed by atoms with Crippen molar-refractivity contribution in [1.82, 2.24) is 10.2 Å². The number of rotatable bonds is 8. The molecule has 0 bridgehead atoms. The van der Waals surface area contributed by atoms with Crippen molar-refractivity contribution in [3.8, 4) is 0 Å². The average Bonchev–Trinajstić information content (AvgIpc) is 3.42. The summed E-state index contributed by atoms with van der Waals surface area (Å²) in [6.07, 6.45) is 1.89. The number of carbonyl (C=O) groups excluding carboxylic acids is 3. The number of nitrogens with one attached hydrogen (secondary N) is 1. The molecule has 2 amide bonds. The molecule has 1 saturated carbocycles. The molecule has 27 heavy (non-hydrogen) atoms. The van der Waals surface area contributed by atoms with Crippen LogP contribution < -0.4 is 10.2 Å². The number of anilines is 1. The maximum atomic E-state index is 12.3. The van der Waals surface area contributed by atoms with Gasteiger partial charge >= 0.3 is 5.97 Å². The smallest absolute Gasteiger partial charge is 0.341 e. The van der Waals surface area contributed by atoms with Gasteiger partial charge in [0.05, 0.1) is 22.7 Å². The minimum absolute atomic E-state index is 0.0175. The van der Waals surface area contributed by atoms with Crippen LogP contribution in [-0.2, 0) is 14.3 Å². The fourth-order valence-electron chi connectivity index (χ4n) is 2.31. The van der Waals surface area contributed by atoms with E-state index in [4.69, 9.17) is 4.74 Å². The molecule has 2 rings (SSSR count). The van der Waals surface area contributed by atoms with Gasteiger partial charge in [-0.15, -0.1) is 0 Å². The number of nitro benzene ring substituents is 1. The first kappa shape index (κ1) is 20.1. The Hall–Kier alpha value is -3.17. The predicted octanol–water partition coefficient (Wildman–Crippen LogP) is 0.555. The van der Waals surface area contributed by atoms with E-state index >= 15 is 0 Å². The predicted molar refractivity (Wildman–Crippen MR) is 96.5 cm³/mol. The Kier molecular flexibility index (Phi) is 6.32. The Morgan fingerprint density at radius 3 is 2.48 bits per heavy atom. The van der Waals surface area contributed by atoms with Crippen LogP contribution in [-0.4, -0.2) is 67.9 Å². The lowest BCUT2D eigenvalue weighted by Gasteiger charge is -2.18. The number of nitro groups is 1. The molecule has 1 aliphatic carbocycles. The van der Waals surface area contributed by atoms with Gasteiger partial charge < -0.3 is 19.9 Å². The fraction of sp³-hybridized carbons (Fsp3) is 0.471. The number of nitrogens with zero attached hydrogens (tertiary/aromatic N) is 3. The molecule has 1 aliphatic rings. The van der Waals surface area contributed by atoms with E-state index in [0.29, 0.717) is 5.69 Å². The van der Waals surface area contributed by atoms with Crippen LogP contribution in [0.3, 0.4) is 0 Å².